The summed E-state index contributed by atoms with van der Waals surface area (Å²) < 4.78 is 0. The number of nitrogens with one attached hydrogen (secondary N) is 1. The van der Waals surface area contributed by atoms with Gasteiger partial charge in [-0.3, -0.25) is 4.79 Å². The summed E-state index contributed by atoms with van der Waals surface area (Å²) in [5, 5.41) is 3.08. The highest BCUT2D eigenvalue weighted by molar-refractivity contribution is 6.00. The van der Waals surface area contributed by atoms with Crippen molar-refractivity contribution in [3.63, 3.8) is 0 Å². The van der Waals surface area contributed by atoms with E-state index in [9.17, 15) is 9.59 Å². The maximum atomic E-state index is 12.9. The first kappa shape index (κ1) is 19.0. The number of urea groups is 1. The predicted octanol–water partition coefficient (Wildman–Crippen LogP) is 3.68. The molecule has 27 heavy (non-hydrogen) atoms. The second kappa shape index (κ2) is 7.43. The number of anilines is 1. The fourth-order valence-electron chi connectivity index (χ4n) is 3.39. The third-order valence-corrected chi connectivity index (χ3v) is 5.18. The first-order valence-corrected chi connectivity index (χ1v) is 9.32. The maximum absolute atomic E-state index is 12.9. The molecule has 0 radical (unpaired) electrons. The minimum Gasteiger partial charge on any atom is -0.329 e. The number of carbonyl (C=O) groups excluding carboxylic acids is 2. The minimum absolute atomic E-state index is 0.0595. The van der Waals surface area contributed by atoms with Crippen molar-refractivity contribution >= 4 is 17.6 Å². The van der Waals surface area contributed by atoms with Gasteiger partial charge in [-0.2, -0.15) is 0 Å². The van der Waals surface area contributed by atoms with Crippen LogP contribution in [0.4, 0.5) is 10.5 Å². The number of para-hydroxylation sites is 1. The van der Waals surface area contributed by atoms with E-state index in [4.69, 9.17) is 0 Å². The van der Waals surface area contributed by atoms with Gasteiger partial charge in [0.2, 0.25) is 5.91 Å². The van der Waals surface area contributed by atoms with Crippen LogP contribution in [0.5, 0.6) is 0 Å². The molecule has 0 aliphatic carbocycles. The molecule has 0 aromatic heterocycles. The maximum Gasteiger partial charge on any atom is 0.318 e. The van der Waals surface area contributed by atoms with E-state index in [0.717, 1.165) is 11.3 Å². The lowest BCUT2D eigenvalue weighted by Gasteiger charge is -2.40. The van der Waals surface area contributed by atoms with E-state index in [0.29, 0.717) is 13.1 Å². The van der Waals surface area contributed by atoms with Crippen molar-refractivity contribution in [1.29, 1.82) is 0 Å². The van der Waals surface area contributed by atoms with Crippen molar-refractivity contribution in [3.05, 3.63) is 65.7 Å². The van der Waals surface area contributed by atoms with E-state index in [-0.39, 0.29) is 11.9 Å². The first-order valence-electron chi connectivity index (χ1n) is 9.32. The van der Waals surface area contributed by atoms with Gasteiger partial charge in [0, 0.05) is 18.8 Å². The molecule has 1 fully saturated rings. The van der Waals surface area contributed by atoms with Crippen LogP contribution in [-0.4, -0.2) is 36.0 Å². The lowest BCUT2D eigenvalue weighted by Crippen LogP contribution is -2.61. The van der Waals surface area contributed by atoms with Crippen LogP contribution >= 0.6 is 0 Å². The zero-order chi connectivity index (χ0) is 19.6. The van der Waals surface area contributed by atoms with Crippen LogP contribution in [0.1, 0.15) is 31.9 Å². The molecule has 1 saturated heterocycles. The SMILES string of the molecule is Cc1ccc(C(C)(C)NC(=O)N2CCN(c3ccccc3)C(=O)[C@H]2C)cc1. The molecule has 1 aliphatic heterocycles. The highest BCUT2D eigenvalue weighted by Crippen LogP contribution is 2.23. The van der Waals surface area contributed by atoms with Crippen LogP contribution in [0.15, 0.2) is 54.6 Å². The molecule has 3 rings (SSSR count). The van der Waals surface area contributed by atoms with Gasteiger partial charge in [0.25, 0.3) is 0 Å². The standard InChI is InChI=1S/C22H27N3O2/c1-16-10-12-18(13-11-16)22(3,4)23-21(27)24-14-15-25(20(26)17(24)2)19-8-6-5-7-9-19/h5-13,17H,14-15H2,1-4H3,(H,23,27)/t17-/m1/s1. The van der Waals surface area contributed by atoms with Gasteiger partial charge in [0.15, 0.2) is 0 Å². The molecule has 2 aromatic rings. The lowest BCUT2D eigenvalue weighted by molar-refractivity contribution is -0.124. The quantitative estimate of drug-likeness (QED) is 0.902. The van der Waals surface area contributed by atoms with E-state index in [2.05, 4.69) is 5.32 Å². The Bertz CT molecular complexity index is 815. The number of hydrogen-bond acceptors (Lipinski definition) is 2. The number of aryl methyl sites for hydroxylation is 1. The molecule has 2 aromatic carbocycles. The number of amides is 3. The smallest absolute Gasteiger partial charge is 0.318 e. The van der Waals surface area contributed by atoms with Crippen LogP contribution in [-0.2, 0) is 10.3 Å². The molecule has 1 heterocycles. The van der Waals surface area contributed by atoms with Gasteiger partial charge in [-0.1, -0.05) is 48.0 Å². The summed E-state index contributed by atoms with van der Waals surface area (Å²) in [6, 6.07) is 17.0. The molecule has 3 amide bonds. The zero-order valence-corrected chi connectivity index (χ0v) is 16.4. The first-order chi connectivity index (χ1) is 12.8. The van der Waals surface area contributed by atoms with Crippen molar-refractivity contribution in [2.45, 2.75) is 39.3 Å². The fourth-order valence-corrected chi connectivity index (χ4v) is 3.39. The van der Waals surface area contributed by atoms with E-state index in [1.807, 2.05) is 75.4 Å². The van der Waals surface area contributed by atoms with Gasteiger partial charge in [-0.15, -0.1) is 0 Å². The Morgan fingerprint density at radius 1 is 1.04 bits per heavy atom. The van der Waals surface area contributed by atoms with Crippen LogP contribution < -0.4 is 10.2 Å². The van der Waals surface area contributed by atoms with E-state index in [1.54, 1.807) is 16.7 Å². The molecular formula is C22H27N3O2. The van der Waals surface area contributed by atoms with Crippen molar-refractivity contribution in [2.75, 3.05) is 18.0 Å². The normalized spacial score (nSPS) is 17.8. The summed E-state index contributed by atoms with van der Waals surface area (Å²) >= 11 is 0. The van der Waals surface area contributed by atoms with Gasteiger partial charge in [0.05, 0.1) is 5.54 Å². The molecular weight excluding hydrogens is 338 g/mol. The Hall–Kier alpha value is -2.82. The summed E-state index contributed by atoms with van der Waals surface area (Å²) in [6.45, 7) is 8.76. The lowest BCUT2D eigenvalue weighted by atomic mass is 9.93. The van der Waals surface area contributed by atoms with Gasteiger partial charge < -0.3 is 15.1 Å². The fraction of sp³-hybridized carbons (Fsp3) is 0.364. The molecule has 5 nitrogen and oxygen atoms in total. The average molecular weight is 365 g/mol. The largest absolute Gasteiger partial charge is 0.329 e. The number of nitrogens with zero attached hydrogens (tertiary/aromatic N) is 2. The summed E-state index contributed by atoms with van der Waals surface area (Å²) in [5.41, 5.74) is 2.55. The number of rotatable bonds is 3. The zero-order valence-electron chi connectivity index (χ0n) is 16.4. The summed E-state index contributed by atoms with van der Waals surface area (Å²) in [4.78, 5) is 29.1. The summed E-state index contributed by atoms with van der Waals surface area (Å²) in [6.07, 6.45) is 0. The third-order valence-electron chi connectivity index (χ3n) is 5.18. The van der Waals surface area contributed by atoms with Crippen LogP contribution in [0.25, 0.3) is 0 Å². The molecule has 1 N–H and O–H groups in total. The van der Waals surface area contributed by atoms with Crippen molar-refractivity contribution < 1.29 is 9.59 Å². The number of piperazine rings is 1. The van der Waals surface area contributed by atoms with Gasteiger partial charge in [0.1, 0.15) is 6.04 Å². The second-order valence-corrected chi connectivity index (χ2v) is 7.62. The second-order valence-electron chi connectivity index (χ2n) is 7.62. The van der Waals surface area contributed by atoms with Gasteiger partial charge in [-0.25, -0.2) is 4.79 Å². The Morgan fingerprint density at radius 3 is 2.30 bits per heavy atom. The topological polar surface area (TPSA) is 52.7 Å². The van der Waals surface area contributed by atoms with Crippen LogP contribution in [0, 0.1) is 6.92 Å². The van der Waals surface area contributed by atoms with E-state index >= 15 is 0 Å². The highest BCUT2D eigenvalue weighted by Gasteiger charge is 2.36. The predicted molar refractivity (Wildman–Crippen MR) is 108 cm³/mol. The Morgan fingerprint density at radius 2 is 1.67 bits per heavy atom. The van der Waals surface area contributed by atoms with E-state index in [1.165, 1.54) is 5.56 Å². The van der Waals surface area contributed by atoms with Crippen molar-refractivity contribution in [2.24, 2.45) is 0 Å². The van der Waals surface area contributed by atoms with Crippen molar-refractivity contribution in [1.82, 2.24) is 10.2 Å². The molecule has 1 atom stereocenters. The highest BCUT2D eigenvalue weighted by atomic mass is 16.2. The average Bonchev–Trinajstić information content (AvgIpc) is 2.64. The van der Waals surface area contributed by atoms with Gasteiger partial charge >= 0.3 is 6.03 Å². The van der Waals surface area contributed by atoms with Crippen LogP contribution in [0.3, 0.4) is 0 Å². The third kappa shape index (κ3) is 3.97. The molecule has 0 bridgehead atoms. The monoisotopic (exact) mass is 365 g/mol. The molecule has 142 valence electrons. The van der Waals surface area contributed by atoms with Gasteiger partial charge in [-0.05, 0) is 45.4 Å². The van der Waals surface area contributed by atoms with Crippen molar-refractivity contribution in [3.8, 4) is 0 Å². The number of hydrogen-bond donors (Lipinski definition) is 1. The molecule has 5 heteroatoms. The summed E-state index contributed by atoms with van der Waals surface area (Å²) in [5.74, 6) is -0.0595. The Kier molecular flexibility index (Phi) is 5.22. The number of benzene rings is 2. The molecule has 1 aliphatic rings. The molecule has 0 unspecified atom stereocenters. The Balaban J connectivity index is 1.70. The van der Waals surface area contributed by atoms with Crippen LogP contribution in [0.2, 0.25) is 0 Å². The summed E-state index contributed by atoms with van der Waals surface area (Å²) in [7, 11) is 0. The molecule has 0 saturated carbocycles. The number of carbonyl (C=O) groups is 2. The minimum atomic E-state index is -0.524. The molecule has 0 spiro atoms. The Labute approximate surface area is 161 Å². The van der Waals surface area contributed by atoms with E-state index < -0.39 is 11.6 Å².